The number of ether oxygens (including phenoxy) is 6. The number of esters is 2. The van der Waals surface area contributed by atoms with Gasteiger partial charge in [0.1, 0.15) is 36.3 Å². The van der Waals surface area contributed by atoms with E-state index in [0.717, 1.165) is 0 Å². The van der Waals surface area contributed by atoms with Crippen molar-refractivity contribution in [1.29, 1.82) is 0 Å². The summed E-state index contributed by atoms with van der Waals surface area (Å²) in [7, 11) is -4.74. The van der Waals surface area contributed by atoms with Gasteiger partial charge in [-0.3, -0.25) is 27.9 Å². The summed E-state index contributed by atoms with van der Waals surface area (Å²) in [6.07, 6.45) is -0.444. The summed E-state index contributed by atoms with van der Waals surface area (Å²) < 4.78 is 58.9. The van der Waals surface area contributed by atoms with Crippen LogP contribution >= 0.6 is 15.0 Å². The van der Waals surface area contributed by atoms with Crippen molar-refractivity contribution in [3.8, 4) is 12.0 Å². The van der Waals surface area contributed by atoms with E-state index in [9.17, 15) is 28.3 Å². The number of H-pyrrole nitrogens is 2. The normalized spacial score (nSPS) is 12.2. The van der Waals surface area contributed by atoms with Crippen LogP contribution in [0.15, 0.2) is 58.1 Å². The smallest absolute Gasteiger partial charge is 0.329 e. The quantitative estimate of drug-likeness (QED) is 0.0245. The Bertz CT molecular complexity index is 2950. The van der Waals surface area contributed by atoms with Gasteiger partial charge in [-0.05, 0) is 49.9 Å². The maximum Gasteiger partial charge on any atom is 0.329 e. The Hall–Kier alpha value is -5.40. The van der Waals surface area contributed by atoms with Gasteiger partial charge in [-0.2, -0.15) is 19.9 Å². The monoisotopic (exact) mass is 1120 g/mol. The molecule has 4 heterocycles. The third-order valence-electron chi connectivity index (χ3n) is 9.84. The van der Waals surface area contributed by atoms with Crippen LogP contribution in [0, 0.1) is 0 Å². The van der Waals surface area contributed by atoms with Crippen molar-refractivity contribution in [1.82, 2.24) is 49.2 Å². The molecule has 0 aliphatic carbocycles. The van der Waals surface area contributed by atoms with Gasteiger partial charge in [0.2, 0.25) is 7.44 Å². The number of nitrogens with two attached hydrogens (primary N) is 2. The number of methoxy groups -OCH3 is 2. The molecule has 72 heavy (non-hydrogen) atoms. The van der Waals surface area contributed by atoms with Gasteiger partial charge in [-0.1, -0.05) is 56.0 Å². The maximum atomic E-state index is 14.1. The zero-order chi connectivity index (χ0) is 51.2. The molecule has 26 nitrogen and oxygen atoms in total. The second-order valence-corrected chi connectivity index (χ2v) is 19.4. The molecule has 0 fully saturated rings. The first-order chi connectivity index (χ1) is 33.3. The minimum Gasteiger partial charge on any atom is -0.465 e. The van der Waals surface area contributed by atoms with E-state index in [2.05, 4.69) is 40.1 Å². The number of nitrogens with one attached hydrogen (secondary N) is 4. The molecule has 0 saturated carbocycles. The molecule has 0 amide bonds. The summed E-state index contributed by atoms with van der Waals surface area (Å²) in [5, 5.41) is 5.67. The van der Waals surface area contributed by atoms with Gasteiger partial charge >= 0.3 is 42.9 Å². The third-order valence-corrected chi connectivity index (χ3v) is 13.0. The van der Waals surface area contributed by atoms with Gasteiger partial charge in [0, 0.05) is 46.9 Å². The van der Waals surface area contributed by atoms with Gasteiger partial charge in [-0.15, -0.1) is 0 Å². The molecule has 2 atom stereocenters. The number of anilines is 2. The first-order valence-corrected chi connectivity index (χ1v) is 25.4. The van der Waals surface area contributed by atoms with E-state index in [1.54, 1.807) is 62.4 Å². The fourth-order valence-electron chi connectivity index (χ4n) is 6.82. The molecule has 6 aromatic rings. The number of fused-ring (bicyclic) bond motifs is 2. The first kappa shape index (κ1) is 60.9. The topological polar surface area (TPSA) is 367 Å². The average molecular weight is 1120 g/mol. The van der Waals surface area contributed by atoms with E-state index in [-0.39, 0.29) is 138 Å². The molecule has 10 N–H and O–H groups in total. The van der Waals surface area contributed by atoms with Gasteiger partial charge in [0.15, 0.2) is 22.9 Å². The fourth-order valence-corrected chi connectivity index (χ4v) is 9.93. The van der Waals surface area contributed by atoms with E-state index in [0.29, 0.717) is 35.5 Å². The average Bonchev–Trinajstić information content (AvgIpc) is 3.78. The molecule has 6 rings (SSSR count). The molecule has 2 aromatic carbocycles. The Morgan fingerprint density at radius 2 is 1.07 bits per heavy atom. The predicted octanol–water partition coefficient (Wildman–Crippen LogP) is 2.64. The summed E-state index contributed by atoms with van der Waals surface area (Å²) in [5.41, 5.74) is 14.6. The van der Waals surface area contributed by atoms with Gasteiger partial charge in [-0.25, -0.2) is 19.8 Å². The largest absolute Gasteiger partial charge is 0.465 e. The number of hydrogen-bond acceptors (Lipinski definition) is 18. The SMILES string of the molecule is C.CCOC(=O)[C@H](C)NP(=O)(Cc1cccc(Cn2c(=O)[nH]c3c(N)nc(OCCOC)nc32)c1)N[C@@H](C)C(=O)OCC.COCCOc1nc(N)c2[nH]c(=O)n(Cc3cccc(CP(=O)(O)O)c3)c2n1.[Y]. The van der Waals surface area contributed by atoms with Crippen LogP contribution in [-0.2, 0) is 95.8 Å². The number of imidazole rings is 2. The number of nitrogens with zero attached hydrogens (tertiary/aromatic N) is 6. The van der Waals surface area contributed by atoms with Crippen LogP contribution in [0.1, 0.15) is 57.4 Å². The van der Waals surface area contributed by atoms with Crippen molar-refractivity contribution in [2.75, 3.05) is 65.3 Å². The first-order valence-electron chi connectivity index (χ1n) is 21.7. The summed E-state index contributed by atoms with van der Waals surface area (Å²) in [6.45, 7) is 8.03. The Balaban J connectivity index is 0.000000397. The number of hydrogen-bond donors (Lipinski definition) is 8. The van der Waals surface area contributed by atoms with Crippen LogP contribution in [0.4, 0.5) is 11.6 Å². The van der Waals surface area contributed by atoms with Gasteiger partial charge in [0.05, 0.1) is 51.8 Å². The second-order valence-electron chi connectivity index (χ2n) is 15.5. The number of nitrogen functional groups attached to an aromatic ring is 2. The van der Waals surface area contributed by atoms with E-state index in [4.69, 9.17) is 49.7 Å². The summed E-state index contributed by atoms with van der Waals surface area (Å²) in [5.74, 6) is -1.03. The van der Waals surface area contributed by atoms with Crippen molar-refractivity contribution in [2.45, 2.75) is 72.6 Å². The summed E-state index contributed by atoms with van der Waals surface area (Å²) in [4.78, 5) is 90.1. The van der Waals surface area contributed by atoms with E-state index >= 15 is 0 Å². The van der Waals surface area contributed by atoms with Crippen LogP contribution in [0.25, 0.3) is 22.3 Å². The van der Waals surface area contributed by atoms with Crippen LogP contribution in [0.2, 0.25) is 0 Å². The van der Waals surface area contributed by atoms with Crippen molar-refractivity contribution in [3.05, 3.63) is 91.8 Å². The second kappa shape index (κ2) is 28.2. The van der Waals surface area contributed by atoms with Crippen molar-refractivity contribution in [3.63, 3.8) is 0 Å². The molecule has 1 radical (unpaired) electrons. The Kier molecular flexibility index (Phi) is 23.8. The molecule has 0 unspecified atom stereocenters. The number of carbonyl (C=O) groups is 2. The van der Waals surface area contributed by atoms with E-state index in [1.165, 1.54) is 37.2 Å². The minimum absolute atomic E-state index is 0. The van der Waals surface area contributed by atoms with Gasteiger partial charge in [0.25, 0.3) is 0 Å². The van der Waals surface area contributed by atoms with Crippen LogP contribution in [0.3, 0.4) is 0 Å². The molecule has 0 spiro atoms. The summed E-state index contributed by atoms with van der Waals surface area (Å²) in [6, 6.07) is 11.9. The number of benzene rings is 2. The molecule has 29 heteroatoms. The molecule has 0 aliphatic rings. The molecule has 0 bridgehead atoms. The fraction of sp³-hybridized carbons (Fsp3) is 0.442. The Morgan fingerprint density at radius 1 is 0.681 bits per heavy atom. The Labute approximate surface area is 439 Å². The standard InChI is InChI=1S/C26H38N7O8P.C16H20N5O6P.CH4.Y/c1-6-39-23(34)16(3)31-42(37,32-17(4)24(35)40-7-2)15-19-10-8-9-18(13-19)14-33-22-20(28-26(33)36)21(27)29-25(30-22)41-12-11-38-5;1-26-5-6-27-15-19-13(17)12-14(20-15)21(16(22)18-12)8-10-3-2-4-11(7-10)9-28(23,24)25;;/h8-10,13,16-17H,6-7,11-12,14-15H2,1-5H3,(H,28,36)(H2,27,29,30)(H2,31,32,37);2-4,7H,5-6,8-9H2,1H3,(H,18,22)(H2,17,19,20)(H2,23,24,25);1H4;/t16-,17-;;;/m0.../s1. The zero-order valence-corrected chi connectivity index (χ0v) is 44.6. The maximum absolute atomic E-state index is 14.1. The number of carbonyl (C=O) groups excluding carboxylic acids is 2. The summed E-state index contributed by atoms with van der Waals surface area (Å²) >= 11 is 0. The van der Waals surface area contributed by atoms with Gasteiger partial charge < -0.3 is 59.6 Å². The number of aromatic nitrogens is 8. The molecular weight excluding hydrogens is 1060 g/mol. The number of aromatic amines is 2. The van der Waals surface area contributed by atoms with Crippen LogP contribution < -0.4 is 42.5 Å². The molecular formula is C43H62N12O14P2Y. The third kappa shape index (κ3) is 17.4. The minimum atomic E-state index is -4.19. The molecule has 4 aromatic heterocycles. The van der Waals surface area contributed by atoms with E-state index < -0.39 is 50.4 Å². The molecule has 0 saturated heterocycles. The van der Waals surface area contributed by atoms with Crippen LogP contribution in [-0.4, -0.2) is 127 Å². The molecule has 0 aliphatic heterocycles. The van der Waals surface area contributed by atoms with Crippen LogP contribution in [0.5, 0.6) is 12.0 Å². The predicted molar refractivity (Wildman–Crippen MR) is 263 cm³/mol. The number of rotatable bonds is 24. The van der Waals surface area contributed by atoms with Crippen molar-refractivity contribution < 1.29 is 89.6 Å². The van der Waals surface area contributed by atoms with Crippen molar-refractivity contribution in [2.24, 2.45) is 0 Å². The Morgan fingerprint density at radius 3 is 1.44 bits per heavy atom. The zero-order valence-electron chi connectivity index (χ0n) is 39.9. The van der Waals surface area contributed by atoms with Crippen molar-refractivity contribution >= 4 is 60.9 Å². The van der Waals surface area contributed by atoms with E-state index in [1.807, 2.05) is 0 Å². The molecule has 391 valence electrons.